The molecular formula is C10H13N3O3S2. The van der Waals surface area contributed by atoms with Crippen LogP contribution < -0.4 is 10.5 Å². The molecule has 3 N–H and O–H groups in total. The van der Waals surface area contributed by atoms with Gasteiger partial charge in [0.05, 0.1) is 11.6 Å². The summed E-state index contributed by atoms with van der Waals surface area (Å²) in [5, 5.41) is 8.88. The molecule has 0 aliphatic heterocycles. The van der Waals surface area contributed by atoms with Crippen molar-refractivity contribution in [2.24, 2.45) is 5.14 Å². The lowest BCUT2D eigenvalue weighted by molar-refractivity contribution is 0.402. The Labute approximate surface area is 109 Å². The van der Waals surface area contributed by atoms with Crippen molar-refractivity contribution in [2.75, 3.05) is 0 Å². The van der Waals surface area contributed by atoms with Crippen molar-refractivity contribution in [1.82, 2.24) is 10.3 Å². The van der Waals surface area contributed by atoms with Gasteiger partial charge in [-0.15, -0.1) is 11.3 Å². The fourth-order valence-electron chi connectivity index (χ4n) is 1.40. The Morgan fingerprint density at radius 1 is 1.44 bits per heavy atom. The van der Waals surface area contributed by atoms with E-state index in [9.17, 15) is 8.42 Å². The molecule has 0 spiro atoms. The van der Waals surface area contributed by atoms with E-state index in [0.29, 0.717) is 18.8 Å². The van der Waals surface area contributed by atoms with Gasteiger partial charge in [0.2, 0.25) is 5.09 Å². The molecule has 0 unspecified atom stereocenters. The summed E-state index contributed by atoms with van der Waals surface area (Å²) < 4.78 is 27.1. The van der Waals surface area contributed by atoms with Crippen LogP contribution in [-0.4, -0.2) is 13.4 Å². The van der Waals surface area contributed by atoms with Gasteiger partial charge in [-0.1, -0.05) is 0 Å². The first-order valence-electron chi connectivity index (χ1n) is 5.19. The summed E-state index contributed by atoms with van der Waals surface area (Å²) in [5.41, 5.74) is 0. The smallest absolute Gasteiger partial charge is 0.271 e. The van der Waals surface area contributed by atoms with Crippen molar-refractivity contribution >= 4 is 21.4 Å². The molecule has 2 rings (SSSR count). The van der Waals surface area contributed by atoms with Gasteiger partial charge in [-0.2, -0.15) is 0 Å². The maximum absolute atomic E-state index is 11.0. The zero-order valence-corrected chi connectivity index (χ0v) is 11.3. The third kappa shape index (κ3) is 3.39. The minimum Gasteiger partial charge on any atom is -0.447 e. The van der Waals surface area contributed by atoms with Crippen LogP contribution in [0.3, 0.4) is 0 Å². The summed E-state index contributed by atoms with van der Waals surface area (Å²) in [4.78, 5) is 5.25. The van der Waals surface area contributed by atoms with Crippen molar-refractivity contribution in [3.63, 3.8) is 0 Å². The van der Waals surface area contributed by atoms with Gasteiger partial charge in [0.25, 0.3) is 10.0 Å². The largest absolute Gasteiger partial charge is 0.447 e. The summed E-state index contributed by atoms with van der Waals surface area (Å²) in [6.45, 7) is 3.04. The first kappa shape index (κ1) is 13.2. The minimum atomic E-state index is -3.76. The molecule has 0 saturated heterocycles. The fraction of sp³-hybridized carbons (Fsp3) is 0.300. The summed E-state index contributed by atoms with van der Waals surface area (Å²) >= 11 is 1.61. The second-order valence-corrected chi connectivity index (χ2v) is 6.53. The molecule has 0 saturated carbocycles. The zero-order chi connectivity index (χ0) is 13.2. The standard InChI is InChI=1S/C10H13N3O3S2/c1-7-13-6-9(17-7)5-12-4-8-2-3-10(16-8)18(11,14)15/h2-3,6,12H,4-5H2,1H3,(H2,11,14,15). The highest BCUT2D eigenvalue weighted by Gasteiger charge is 2.12. The van der Waals surface area contributed by atoms with E-state index >= 15 is 0 Å². The third-order valence-electron chi connectivity index (χ3n) is 2.19. The molecule has 2 aromatic heterocycles. The second-order valence-electron chi connectivity index (χ2n) is 3.71. The Balaban J connectivity index is 1.89. The quantitative estimate of drug-likeness (QED) is 0.854. The molecule has 98 valence electrons. The van der Waals surface area contributed by atoms with Gasteiger partial charge >= 0.3 is 0 Å². The lowest BCUT2D eigenvalue weighted by Gasteiger charge is -1.99. The molecule has 0 aliphatic rings. The van der Waals surface area contributed by atoms with Crippen LogP contribution in [0.15, 0.2) is 27.8 Å². The molecule has 18 heavy (non-hydrogen) atoms. The van der Waals surface area contributed by atoms with Gasteiger partial charge in [-0.3, -0.25) is 0 Å². The Morgan fingerprint density at radius 3 is 2.78 bits per heavy atom. The third-order valence-corrected chi connectivity index (χ3v) is 3.88. The van der Waals surface area contributed by atoms with E-state index in [1.54, 1.807) is 17.4 Å². The summed E-state index contributed by atoms with van der Waals surface area (Å²) in [6.07, 6.45) is 1.81. The van der Waals surface area contributed by atoms with E-state index in [2.05, 4.69) is 10.3 Å². The highest BCUT2D eigenvalue weighted by molar-refractivity contribution is 7.89. The SMILES string of the molecule is Cc1ncc(CNCc2ccc(S(N)(=O)=O)o2)s1. The normalized spacial score (nSPS) is 11.9. The molecule has 2 heterocycles. The van der Waals surface area contributed by atoms with Crippen LogP contribution in [0.1, 0.15) is 15.6 Å². The summed E-state index contributed by atoms with van der Waals surface area (Å²) in [6, 6.07) is 2.94. The van der Waals surface area contributed by atoms with Crippen LogP contribution in [0.25, 0.3) is 0 Å². The van der Waals surface area contributed by atoms with Crippen molar-refractivity contribution in [1.29, 1.82) is 0 Å². The Hall–Kier alpha value is -1.22. The second kappa shape index (κ2) is 5.19. The van der Waals surface area contributed by atoms with E-state index < -0.39 is 10.0 Å². The number of primary sulfonamides is 1. The van der Waals surface area contributed by atoms with Crippen LogP contribution >= 0.6 is 11.3 Å². The van der Waals surface area contributed by atoms with E-state index in [-0.39, 0.29) is 5.09 Å². The number of nitrogens with two attached hydrogens (primary N) is 1. The molecule has 0 aromatic carbocycles. The molecule has 2 aromatic rings. The van der Waals surface area contributed by atoms with E-state index in [0.717, 1.165) is 9.88 Å². The van der Waals surface area contributed by atoms with Crippen LogP contribution in [0.4, 0.5) is 0 Å². The highest BCUT2D eigenvalue weighted by atomic mass is 32.2. The van der Waals surface area contributed by atoms with Gasteiger partial charge in [-0.25, -0.2) is 18.5 Å². The number of hydrogen-bond acceptors (Lipinski definition) is 6. The van der Waals surface area contributed by atoms with Crippen molar-refractivity contribution in [2.45, 2.75) is 25.1 Å². The maximum Gasteiger partial charge on any atom is 0.271 e. The average Bonchev–Trinajstić information content (AvgIpc) is 2.87. The maximum atomic E-state index is 11.0. The Bertz CT molecular complexity index is 630. The Kier molecular flexibility index (Phi) is 3.81. The lowest BCUT2D eigenvalue weighted by Crippen LogP contribution is -2.12. The van der Waals surface area contributed by atoms with E-state index in [1.807, 2.05) is 13.1 Å². The molecule has 0 aliphatic carbocycles. The van der Waals surface area contributed by atoms with Gasteiger partial charge in [0.15, 0.2) is 0 Å². The van der Waals surface area contributed by atoms with Gasteiger partial charge < -0.3 is 9.73 Å². The predicted molar refractivity (Wildman–Crippen MR) is 67.5 cm³/mol. The molecular weight excluding hydrogens is 274 g/mol. The molecule has 0 bridgehead atoms. The topological polar surface area (TPSA) is 98.2 Å². The predicted octanol–water partition coefficient (Wildman–Crippen LogP) is 0.982. The van der Waals surface area contributed by atoms with Crippen molar-refractivity contribution in [3.8, 4) is 0 Å². The molecule has 0 atom stereocenters. The number of sulfonamides is 1. The number of aromatic nitrogens is 1. The number of nitrogens with one attached hydrogen (secondary N) is 1. The van der Waals surface area contributed by atoms with Crippen LogP contribution in [-0.2, 0) is 23.1 Å². The van der Waals surface area contributed by atoms with Crippen LogP contribution in [0.5, 0.6) is 0 Å². The molecule has 0 amide bonds. The van der Waals surface area contributed by atoms with Gasteiger partial charge in [0, 0.05) is 17.6 Å². The van der Waals surface area contributed by atoms with E-state index in [4.69, 9.17) is 9.56 Å². The number of rotatable bonds is 5. The summed E-state index contributed by atoms with van der Waals surface area (Å²) in [5.74, 6) is 0.528. The fourth-order valence-corrected chi connectivity index (χ4v) is 2.65. The molecule has 0 radical (unpaired) electrons. The monoisotopic (exact) mass is 287 g/mol. The molecule has 6 nitrogen and oxygen atoms in total. The number of hydrogen-bond donors (Lipinski definition) is 2. The van der Waals surface area contributed by atoms with Gasteiger partial charge in [-0.05, 0) is 19.1 Å². The lowest BCUT2D eigenvalue weighted by atomic mass is 10.4. The van der Waals surface area contributed by atoms with Crippen molar-refractivity contribution in [3.05, 3.63) is 34.0 Å². The number of thiazole rings is 1. The number of furan rings is 1. The van der Waals surface area contributed by atoms with E-state index in [1.165, 1.54) is 6.07 Å². The first-order chi connectivity index (χ1) is 8.45. The molecule has 8 heteroatoms. The first-order valence-corrected chi connectivity index (χ1v) is 7.55. The molecule has 0 fully saturated rings. The summed E-state index contributed by atoms with van der Waals surface area (Å²) in [7, 11) is -3.76. The number of nitrogens with zero attached hydrogens (tertiary/aromatic N) is 1. The highest BCUT2D eigenvalue weighted by Crippen LogP contribution is 2.13. The average molecular weight is 287 g/mol. The van der Waals surface area contributed by atoms with Crippen molar-refractivity contribution < 1.29 is 12.8 Å². The minimum absolute atomic E-state index is 0.215. The van der Waals surface area contributed by atoms with Gasteiger partial charge in [0.1, 0.15) is 5.76 Å². The number of aryl methyl sites for hydroxylation is 1. The van der Waals surface area contributed by atoms with Crippen LogP contribution in [0, 0.1) is 6.92 Å². The Morgan fingerprint density at radius 2 is 2.22 bits per heavy atom. The zero-order valence-electron chi connectivity index (χ0n) is 9.71. The van der Waals surface area contributed by atoms with Crippen LogP contribution in [0.2, 0.25) is 0 Å².